The van der Waals surface area contributed by atoms with Gasteiger partial charge in [-0.15, -0.1) is 23.7 Å². The van der Waals surface area contributed by atoms with E-state index in [9.17, 15) is 4.79 Å². The molecule has 18 heavy (non-hydrogen) atoms. The van der Waals surface area contributed by atoms with Crippen molar-refractivity contribution in [2.75, 3.05) is 0 Å². The average Bonchev–Trinajstić information content (AvgIpc) is 2.83. The molecule has 1 atom stereocenters. The quantitative estimate of drug-likeness (QED) is 0.907. The van der Waals surface area contributed by atoms with Crippen LogP contribution in [0.2, 0.25) is 0 Å². The van der Waals surface area contributed by atoms with E-state index in [0.717, 1.165) is 11.1 Å². The van der Waals surface area contributed by atoms with Crippen molar-refractivity contribution in [2.45, 2.75) is 12.5 Å². The van der Waals surface area contributed by atoms with Gasteiger partial charge in [-0.3, -0.25) is 4.79 Å². The number of carboxylic acids is 1. The predicted octanol–water partition coefficient (Wildman–Crippen LogP) is 2.79. The topological polar surface area (TPSA) is 63.3 Å². The first kappa shape index (κ1) is 14.7. The Bertz CT molecular complexity index is 496. The second-order valence-corrected chi connectivity index (χ2v) is 4.77. The lowest BCUT2D eigenvalue weighted by atomic mass is 10.0. The fourth-order valence-electron chi connectivity index (χ4n) is 1.59. The molecule has 0 amide bonds. The molecule has 0 spiro atoms. The summed E-state index contributed by atoms with van der Waals surface area (Å²) in [5, 5.41) is 10.8. The molecule has 0 saturated heterocycles. The first-order valence-corrected chi connectivity index (χ1v) is 6.16. The smallest absolute Gasteiger partial charge is 0.320 e. The van der Waals surface area contributed by atoms with Crippen LogP contribution in [0.1, 0.15) is 5.56 Å². The summed E-state index contributed by atoms with van der Waals surface area (Å²) < 4.78 is 0. The highest BCUT2D eigenvalue weighted by Gasteiger charge is 2.11. The summed E-state index contributed by atoms with van der Waals surface area (Å²) in [6, 6.07) is 11.1. The Labute approximate surface area is 116 Å². The Balaban J connectivity index is 0.00000162. The van der Waals surface area contributed by atoms with E-state index in [-0.39, 0.29) is 12.4 Å². The van der Waals surface area contributed by atoms with Crippen molar-refractivity contribution in [1.82, 2.24) is 0 Å². The van der Waals surface area contributed by atoms with Gasteiger partial charge >= 0.3 is 5.97 Å². The minimum Gasteiger partial charge on any atom is -0.480 e. The molecule has 0 aliphatic carbocycles. The van der Waals surface area contributed by atoms with E-state index < -0.39 is 12.0 Å². The van der Waals surface area contributed by atoms with Crippen LogP contribution in [-0.2, 0) is 11.2 Å². The van der Waals surface area contributed by atoms with Gasteiger partial charge < -0.3 is 10.8 Å². The lowest BCUT2D eigenvalue weighted by Crippen LogP contribution is -2.32. The molecule has 0 saturated carbocycles. The Kier molecular flexibility index (Phi) is 5.34. The fraction of sp³-hybridized carbons (Fsp3) is 0.154. The first-order chi connectivity index (χ1) is 8.16. The van der Waals surface area contributed by atoms with Gasteiger partial charge in [-0.1, -0.05) is 30.3 Å². The van der Waals surface area contributed by atoms with Crippen LogP contribution in [0.25, 0.3) is 10.4 Å². The number of benzene rings is 1. The number of thiophene rings is 1. The van der Waals surface area contributed by atoms with Gasteiger partial charge in [0.25, 0.3) is 0 Å². The zero-order valence-corrected chi connectivity index (χ0v) is 11.2. The average molecular weight is 284 g/mol. The molecule has 1 aromatic carbocycles. The van der Waals surface area contributed by atoms with Crippen LogP contribution >= 0.6 is 23.7 Å². The van der Waals surface area contributed by atoms with E-state index in [0.29, 0.717) is 6.42 Å². The van der Waals surface area contributed by atoms with Crippen LogP contribution in [0.3, 0.4) is 0 Å². The van der Waals surface area contributed by atoms with Gasteiger partial charge in [0.1, 0.15) is 6.04 Å². The molecule has 0 fully saturated rings. The zero-order valence-electron chi connectivity index (χ0n) is 9.58. The Morgan fingerprint density at radius 2 is 1.94 bits per heavy atom. The molecule has 0 unspecified atom stereocenters. The molecule has 96 valence electrons. The van der Waals surface area contributed by atoms with Gasteiger partial charge in [-0.05, 0) is 29.0 Å². The SMILES string of the molecule is Cl.N[C@@H](Cc1ccc(-c2cccs2)cc1)C(=O)O. The number of aliphatic carboxylic acids is 1. The summed E-state index contributed by atoms with van der Waals surface area (Å²) in [5.41, 5.74) is 7.57. The van der Waals surface area contributed by atoms with Crippen molar-refractivity contribution in [3.8, 4) is 10.4 Å². The Morgan fingerprint density at radius 3 is 2.44 bits per heavy atom. The first-order valence-electron chi connectivity index (χ1n) is 5.28. The molecule has 5 heteroatoms. The summed E-state index contributed by atoms with van der Waals surface area (Å²) >= 11 is 1.68. The van der Waals surface area contributed by atoms with Gasteiger partial charge in [-0.25, -0.2) is 0 Å². The molecular weight excluding hydrogens is 270 g/mol. The van der Waals surface area contributed by atoms with Crippen LogP contribution in [0.15, 0.2) is 41.8 Å². The number of halogens is 1. The third-order valence-electron chi connectivity index (χ3n) is 2.53. The van der Waals surface area contributed by atoms with Crippen molar-refractivity contribution in [1.29, 1.82) is 0 Å². The number of hydrogen-bond acceptors (Lipinski definition) is 3. The van der Waals surface area contributed by atoms with Gasteiger partial charge in [-0.2, -0.15) is 0 Å². The highest BCUT2D eigenvalue weighted by molar-refractivity contribution is 7.13. The Morgan fingerprint density at radius 1 is 1.28 bits per heavy atom. The number of carboxylic acid groups (broad SMARTS) is 1. The minimum atomic E-state index is -0.965. The van der Waals surface area contributed by atoms with Crippen LogP contribution in [0, 0.1) is 0 Å². The standard InChI is InChI=1S/C13H13NO2S.ClH/c14-11(13(15)16)8-9-3-5-10(6-4-9)12-2-1-7-17-12;/h1-7,11H,8,14H2,(H,15,16);1H/t11-;/m0./s1. The molecule has 3 N–H and O–H groups in total. The monoisotopic (exact) mass is 283 g/mol. The summed E-state index contributed by atoms with van der Waals surface area (Å²) in [7, 11) is 0. The highest BCUT2D eigenvalue weighted by atomic mass is 35.5. The predicted molar refractivity (Wildman–Crippen MR) is 76.3 cm³/mol. The molecule has 0 aliphatic heterocycles. The van der Waals surface area contributed by atoms with Crippen LogP contribution in [0.4, 0.5) is 0 Å². The summed E-state index contributed by atoms with van der Waals surface area (Å²) in [5.74, 6) is -0.965. The molecule has 1 heterocycles. The molecule has 2 aromatic rings. The van der Waals surface area contributed by atoms with Crippen molar-refractivity contribution in [3.63, 3.8) is 0 Å². The van der Waals surface area contributed by atoms with E-state index in [4.69, 9.17) is 10.8 Å². The van der Waals surface area contributed by atoms with E-state index in [2.05, 4.69) is 6.07 Å². The number of rotatable bonds is 4. The highest BCUT2D eigenvalue weighted by Crippen LogP contribution is 2.24. The lowest BCUT2D eigenvalue weighted by molar-refractivity contribution is -0.138. The molecule has 1 aromatic heterocycles. The molecule has 0 aliphatic rings. The third kappa shape index (κ3) is 3.57. The normalized spacial score (nSPS) is 11.6. The molecule has 0 bridgehead atoms. The van der Waals surface area contributed by atoms with E-state index in [1.807, 2.05) is 35.7 Å². The van der Waals surface area contributed by atoms with Gasteiger partial charge in [0.15, 0.2) is 0 Å². The van der Waals surface area contributed by atoms with Crippen LogP contribution in [-0.4, -0.2) is 17.1 Å². The van der Waals surface area contributed by atoms with Crippen LogP contribution in [0.5, 0.6) is 0 Å². The van der Waals surface area contributed by atoms with Crippen molar-refractivity contribution in [2.24, 2.45) is 5.73 Å². The van der Waals surface area contributed by atoms with Gasteiger partial charge in [0.05, 0.1) is 0 Å². The lowest BCUT2D eigenvalue weighted by Gasteiger charge is -2.06. The fourth-order valence-corrected chi connectivity index (χ4v) is 2.32. The minimum absolute atomic E-state index is 0. The van der Waals surface area contributed by atoms with Crippen molar-refractivity contribution >= 4 is 29.7 Å². The van der Waals surface area contributed by atoms with Gasteiger partial charge in [0, 0.05) is 4.88 Å². The molecular formula is C13H14ClNO2S. The zero-order chi connectivity index (χ0) is 12.3. The maximum atomic E-state index is 10.6. The third-order valence-corrected chi connectivity index (χ3v) is 3.45. The molecule has 3 nitrogen and oxygen atoms in total. The second kappa shape index (κ2) is 6.54. The molecule has 0 radical (unpaired) electrons. The van der Waals surface area contributed by atoms with E-state index in [1.165, 1.54) is 4.88 Å². The van der Waals surface area contributed by atoms with E-state index in [1.54, 1.807) is 11.3 Å². The van der Waals surface area contributed by atoms with E-state index >= 15 is 0 Å². The Hall–Kier alpha value is -1.36. The van der Waals surface area contributed by atoms with Crippen molar-refractivity contribution in [3.05, 3.63) is 47.3 Å². The largest absolute Gasteiger partial charge is 0.480 e. The summed E-state index contributed by atoms with van der Waals surface area (Å²) in [6.45, 7) is 0. The second-order valence-electron chi connectivity index (χ2n) is 3.82. The molecule has 2 rings (SSSR count). The summed E-state index contributed by atoms with van der Waals surface area (Å²) in [4.78, 5) is 11.8. The maximum Gasteiger partial charge on any atom is 0.320 e. The number of carbonyl (C=O) groups is 1. The van der Waals surface area contributed by atoms with Gasteiger partial charge in [0.2, 0.25) is 0 Å². The maximum absolute atomic E-state index is 10.6. The number of hydrogen-bond donors (Lipinski definition) is 2. The van der Waals surface area contributed by atoms with Crippen LogP contribution < -0.4 is 5.73 Å². The summed E-state index contributed by atoms with van der Waals surface area (Å²) in [6.07, 6.45) is 0.361. The number of nitrogens with two attached hydrogens (primary N) is 1. The van der Waals surface area contributed by atoms with Crippen molar-refractivity contribution < 1.29 is 9.90 Å².